The molecule has 0 spiro atoms. The summed E-state index contributed by atoms with van der Waals surface area (Å²) in [6.45, 7) is 5.84. The highest BCUT2D eigenvalue weighted by Gasteiger charge is 2.12. The summed E-state index contributed by atoms with van der Waals surface area (Å²) < 4.78 is 10.7. The van der Waals surface area contributed by atoms with Crippen LogP contribution in [0.2, 0.25) is 0 Å². The Morgan fingerprint density at radius 2 is 1.75 bits per heavy atom. The SMILES string of the molecule is Cc1ccc(C(=O)OCc2cc(=O)oc3c(C)c(C)ccc23)cc1. The molecule has 0 aliphatic rings. The van der Waals surface area contributed by atoms with E-state index < -0.39 is 11.6 Å². The predicted molar refractivity (Wildman–Crippen MR) is 92.3 cm³/mol. The Balaban J connectivity index is 1.90. The summed E-state index contributed by atoms with van der Waals surface area (Å²) >= 11 is 0. The minimum atomic E-state index is -0.447. The van der Waals surface area contributed by atoms with E-state index >= 15 is 0 Å². The van der Waals surface area contributed by atoms with Gasteiger partial charge in [0.2, 0.25) is 0 Å². The maximum Gasteiger partial charge on any atom is 0.338 e. The van der Waals surface area contributed by atoms with Crippen molar-refractivity contribution < 1.29 is 13.9 Å². The smallest absolute Gasteiger partial charge is 0.338 e. The standard InChI is InChI=1S/C20H18O4/c1-12-4-7-15(8-5-12)20(22)23-11-16-10-18(21)24-19-14(3)13(2)6-9-17(16)19/h4-10H,11H2,1-3H3. The number of hydrogen-bond acceptors (Lipinski definition) is 4. The average Bonchev–Trinajstić information content (AvgIpc) is 2.56. The molecular weight excluding hydrogens is 304 g/mol. The van der Waals surface area contributed by atoms with Crippen molar-refractivity contribution in [2.24, 2.45) is 0 Å². The second-order valence-corrected chi connectivity index (χ2v) is 5.92. The zero-order chi connectivity index (χ0) is 17.3. The van der Waals surface area contributed by atoms with E-state index in [1.54, 1.807) is 12.1 Å². The summed E-state index contributed by atoms with van der Waals surface area (Å²) in [5.74, 6) is -0.416. The molecule has 0 unspecified atom stereocenters. The molecule has 0 atom stereocenters. The van der Waals surface area contributed by atoms with Crippen molar-refractivity contribution in [3.8, 4) is 0 Å². The highest BCUT2D eigenvalue weighted by Crippen LogP contribution is 2.23. The maximum absolute atomic E-state index is 12.1. The zero-order valence-electron chi connectivity index (χ0n) is 13.9. The molecule has 0 saturated carbocycles. The number of carbonyl (C=O) groups is 1. The third-order valence-electron chi connectivity index (χ3n) is 4.16. The van der Waals surface area contributed by atoms with Crippen LogP contribution in [0.4, 0.5) is 0 Å². The van der Waals surface area contributed by atoms with Gasteiger partial charge in [-0.2, -0.15) is 0 Å². The molecule has 122 valence electrons. The van der Waals surface area contributed by atoms with E-state index in [9.17, 15) is 9.59 Å². The Kier molecular flexibility index (Phi) is 4.21. The van der Waals surface area contributed by atoms with Crippen molar-refractivity contribution in [2.45, 2.75) is 27.4 Å². The summed E-state index contributed by atoms with van der Waals surface area (Å²) in [5.41, 5.74) is 4.26. The molecule has 1 aromatic heterocycles. The second kappa shape index (κ2) is 6.32. The first-order valence-corrected chi connectivity index (χ1v) is 7.72. The Morgan fingerprint density at radius 3 is 2.46 bits per heavy atom. The molecule has 4 heteroatoms. The molecule has 0 bridgehead atoms. The van der Waals surface area contributed by atoms with Crippen molar-refractivity contribution in [1.29, 1.82) is 0 Å². The monoisotopic (exact) mass is 322 g/mol. The lowest BCUT2D eigenvalue weighted by atomic mass is 10.0. The number of aryl methyl sites for hydroxylation is 3. The Bertz CT molecular complexity index is 965. The van der Waals surface area contributed by atoms with Crippen LogP contribution in [0.25, 0.3) is 11.0 Å². The van der Waals surface area contributed by atoms with Crippen LogP contribution in [-0.4, -0.2) is 5.97 Å². The van der Waals surface area contributed by atoms with Crippen LogP contribution in [0, 0.1) is 20.8 Å². The van der Waals surface area contributed by atoms with Crippen LogP contribution in [0.1, 0.15) is 32.6 Å². The summed E-state index contributed by atoms with van der Waals surface area (Å²) in [5, 5.41) is 0.786. The highest BCUT2D eigenvalue weighted by atomic mass is 16.5. The molecule has 0 aliphatic carbocycles. The fourth-order valence-electron chi connectivity index (χ4n) is 2.56. The van der Waals surface area contributed by atoms with Crippen LogP contribution in [0.5, 0.6) is 0 Å². The minimum absolute atomic E-state index is 0.0251. The van der Waals surface area contributed by atoms with Crippen molar-refractivity contribution >= 4 is 16.9 Å². The molecule has 0 fully saturated rings. The van der Waals surface area contributed by atoms with Gasteiger partial charge in [0.05, 0.1) is 5.56 Å². The van der Waals surface area contributed by atoms with E-state index in [1.165, 1.54) is 6.07 Å². The number of hydrogen-bond donors (Lipinski definition) is 0. The van der Waals surface area contributed by atoms with E-state index in [1.807, 2.05) is 45.0 Å². The van der Waals surface area contributed by atoms with Crippen molar-refractivity contribution in [3.05, 3.63) is 80.7 Å². The number of rotatable bonds is 3. The molecule has 0 amide bonds. The highest BCUT2D eigenvalue weighted by molar-refractivity contribution is 5.90. The van der Waals surface area contributed by atoms with E-state index in [0.29, 0.717) is 16.7 Å². The molecule has 1 heterocycles. The van der Waals surface area contributed by atoms with Gasteiger partial charge in [-0.05, 0) is 44.0 Å². The normalized spacial score (nSPS) is 10.8. The lowest BCUT2D eigenvalue weighted by Gasteiger charge is -2.10. The van der Waals surface area contributed by atoms with Crippen LogP contribution < -0.4 is 5.63 Å². The van der Waals surface area contributed by atoms with Gasteiger partial charge in [-0.15, -0.1) is 0 Å². The molecule has 0 saturated heterocycles. The van der Waals surface area contributed by atoms with Gasteiger partial charge in [0.15, 0.2) is 0 Å². The molecule has 3 rings (SSSR count). The molecular formula is C20H18O4. The topological polar surface area (TPSA) is 56.5 Å². The lowest BCUT2D eigenvalue weighted by molar-refractivity contribution is 0.0474. The molecule has 4 nitrogen and oxygen atoms in total. The van der Waals surface area contributed by atoms with Gasteiger partial charge in [0.1, 0.15) is 12.2 Å². The molecule has 3 aromatic rings. The van der Waals surface area contributed by atoms with Gasteiger partial charge in [-0.25, -0.2) is 9.59 Å². The van der Waals surface area contributed by atoms with Crippen molar-refractivity contribution in [3.63, 3.8) is 0 Å². The number of ether oxygens (including phenoxy) is 1. The van der Waals surface area contributed by atoms with Gasteiger partial charge in [0, 0.05) is 17.0 Å². The van der Waals surface area contributed by atoms with Gasteiger partial charge in [-0.3, -0.25) is 0 Å². The third-order valence-corrected chi connectivity index (χ3v) is 4.16. The minimum Gasteiger partial charge on any atom is -0.457 e. The first-order chi connectivity index (χ1) is 11.5. The number of esters is 1. The fourth-order valence-corrected chi connectivity index (χ4v) is 2.56. The zero-order valence-corrected chi connectivity index (χ0v) is 13.9. The summed E-state index contributed by atoms with van der Waals surface area (Å²) in [6, 6.07) is 12.4. The largest absolute Gasteiger partial charge is 0.457 e. The van der Waals surface area contributed by atoms with Gasteiger partial charge in [-0.1, -0.05) is 29.8 Å². The van der Waals surface area contributed by atoms with Crippen molar-refractivity contribution in [2.75, 3.05) is 0 Å². The van der Waals surface area contributed by atoms with Crippen LogP contribution in [0.3, 0.4) is 0 Å². The third kappa shape index (κ3) is 3.08. The number of fused-ring (bicyclic) bond motifs is 1. The molecule has 0 aliphatic heterocycles. The quantitative estimate of drug-likeness (QED) is 0.538. The van der Waals surface area contributed by atoms with Crippen molar-refractivity contribution in [1.82, 2.24) is 0 Å². The summed E-state index contributed by atoms with van der Waals surface area (Å²) in [6.07, 6.45) is 0. The molecule has 0 radical (unpaired) electrons. The maximum atomic E-state index is 12.1. The molecule has 24 heavy (non-hydrogen) atoms. The lowest BCUT2D eigenvalue weighted by Crippen LogP contribution is -2.08. The first-order valence-electron chi connectivity index (χ1n) is 7.72. The molecule has 0 N–H and O–H groups in total. The van der Waals surface area contributed by atoms with E-state index in [-0.39, 0.29) is 6.61 Å². The van der Waals surface area contributed by atoms with E-state index in [4.69, 9.17) is 9.15 Å². The van der Waals surface area contributed by atoms with E-state index in [0.717, 1.165) is 22.1 Å². The predicted octanol–water partition coefficient (Wildman–Crippen LogP) is 4.08. The average molecular weight is 322 g/mol. The number of carbonyl (C=O) groups excluding carboxylic acids is 1. The second-order valence-electron chi connectivity index (χ2n) is 5.92. The first kappa shape index (κ1) is 16.0. The Labute approximate surface area is 139 Å². The fraction of sp³-hybridized carbons (Fsp3) is 0.200. The van der Waals surface area contributed by atoms with Crippen LogP contribution in [-0.2, 0) is 11.3 Å². The molecule has 2 aromatic carbocycles. The van der Waals surface area contributed by atoms with Gasteiger partial charge >= 0.3 is 11.6 Å². The summed E-state index contributed by atoms with van der Waals surface area (Å²) in [7, 11) is 0. The summed E-state index contributed by atoms with van der Waals surface area (Å²) in [4.78, 5) is 24.0. The van der Waals surface area contributed by atoms with Crippen LogP contribution in [0.15, 0.2) is 51.7 Å². The van der Waals surface area contributed by atoms with Gasteiger partial charge in [0.25, 0.3) is 0 Å². The van der Waals surface area contributed by atoms with E-state index in [2.05, 4.69) is 0 Å². The van der Waals surface area contributed by atoms with Crippen LogP contribution >= 0.6 is 0 Å². The number of benzene rings is 2. The Hall–Kier alpha value is -2.88. The Morgan fingerprint density at radius 1 is 1.04 bits per heavy atom. The van der Waals surface area contributed by atoms with Gasteiger partial charge < -0.3 is 9.15 Å².